The van der Waals surface area contributed by atoms with Gasteiger partial charge in [-0.1, -0.05) is 12.1 Å². The first-order chi connectivity index (χ1) is 6.77. The highest BCUT2D eigenvalue weighted by molar-refractivity contribution is 14.1. The van der Waals surface area contributed by atoms with Crippen molar-refractivity contribution < 1.29 is 0 Å². The van der Waals surface area contributed by atoms with Crippen LogP contribution in [-0.4, -0.2) is 13.1 Å². The molecule has 1 heterocycles. The van der Waals surface area contributed by atoms with Crippen LogP contribution in [0.15, 0.2) is 18.2 Å². The van der Waals surface area contributed by atoms with Crippen LogP contribution in [0.2, 0.25) is 0 Å². The molecule has 2 heteroatoms. The van der Waals surface area contributed by atoms with Gasteiger partial charge < -0.3 is 5.32 Å². The molecule has 1 nitrogen and oxygen atoms in total. The summed E-state index contributed by atoms with van der Waals surface area (Å²) in [6.07, 6.45) is 2.65. The molecule has 1 aromatic rings. The van der Waals surface area contributed by atoms with Crippen molar-refractivity contribution in [3.8, 4) is 0 Å². The van der Waals surface area contributed by atoms with Crippen molar-refractivity contribution in [3.05, 3.63) is 32.9 Å². The molecule has 76 valence electrons. The normalized spacial score (nSPS) is 22.3. The maximum absolute atomic E-state index is 3.46. The van der Waals surface area contributed by atoms with Crippen molar-refractivity contribution in [1.82, 2.24) is 5.32 Å². The van der Waals surface area contributed by atoms with Crippen LogP contribution < -0.4 is 5.32 Å². The van der Waals surface area contributed by atoms with Gasteiger partial charge in [0.25, 0.3) is 0 Å². The Kier molecular flexibility index (Phi) is 3.44. The van der Waals surface area contributed by atoms with Gasteiger partial charge in [-0.05, 0) is 72.0 Å². The van der Waals surface area contributed by atoms with Crippen LogP contribution in [0.5, 0.6) is 0 Å². The summed E-state index contributed by atoms with van der Waals surface area (Å²) >= 11 is 2.43. The summed E-state index contributed by atoms with van der Waals surface area (Å²) in [7, 11) is 0. The lowest BCUT2D eigenvalue weighted by Crippen LogP contribution is -2.28. The predicted octanol–water partition coefficient (Wildman–Crippen LogP) is 3.07. The molecule has 0 radical (unpaired) electrons. The largest absolute Gasteiger partial charge is 0.316 e. The van der Waals surface area contributed by atoms with E-state index < -0.39 is 0 Å². The molecule has 0 aromatic heterocycles. The Labute approximate surface area is 99.4 Å². The third kappa shape index (κ3) is 2.28. The first-order valence-electron chi connectivity index (χ1n) is 5.24. The molecule has 0 aliphatic carbocycles. The molecule has 1 aliphatic rings. The molecule has 1 atom stereocenters. The molecule has 1 N–H and O–H groups in total. The van der Waals surface area contributed by atoms with E-state index in [2.05, 4.69) is 53.0 Å². The maximum atomic E-state index is 3.46. The Morgan fingerprint density at radius 2 is 2.29 bits per heavy atom. The summed E-state index contributed by atoms with van der Waals surface area (Å²) in [5.41, 5.74) is 2.89. The molecule has 1 unspecified atom stereocenters. The monoisotopic (exact) mass is 301 g/mol. The highest BCUT2D eigenvalue weighted by Crippen LogP contribution is 2.25. The van der Waals surface area contributed by atoms with Crippen LogP contribution >= 0.6 is 22.6 Å². The average Bonchev–Trinajstić information content (AvgIpc) is 2.23. The molecule has 2 rings (SSSR count). The zero-order valence-electron chi connectivity index (χ0n) is 8.52. The number of hydrogen-bond acceptors (Lipinski definition) is 1. The average molecular weight is 301 g/mol. The predicted molar refractivity (Wildman–Crippen MR) is 68.7 cm³/mol. The maximum Gasteiger partial charge on any atom is 0.0162 e. The second kappa shape index (κ2) is 4.62. The lowest BCUT2D eigenvalue weighted by molar-refractivity contribution is 0.461. The Bertz CT molecular complexity index is 316. The minimum absolute atomic E-state index is 0.734. The Hall–Kier alpha value is -0.0900. The Morgan fingerprint density at radius 3 is 2.93 bits per heavy atom. The van der Waals surface area contributed by atoms with Crippen LogP contribution in [0.3, 0.4) is 0 Å². The number of aryl methyl sites for hydroxylation is 1. The van der Waals surface area contributed by atoms with E-state index in [1.165, 1.54) is 34.1 Å². The second-order valence-electron chi connectivity index (χ2n) is 4.05. The van der Waals surface area contributed by atoms with Gasteiger partial charge in [-0.3, -0.25) is 0 Å². The van der Waals surface area contributed by atoms with Crippen LogP contribution in [0, 0.1) is 10.5 Å². The summed E-state index contributed by atoms with van der Waals surface area (Å²) in [5, 5.41) is 3.46. The molecule has 1 aliphatic heterocycles. The molecule has 0 bridgehead atoms. The van der Waals surface area contributed by atoms with Gasteiger partial charge >= 0.3 is 0 Å². The summed E-state index contributed by atoms with van der Waals surface area (Å²) in [6, 6.07) is 6.87. The van der Waals surface area contributed by atoms with E-state index in [4.69, 9.17) is 0 Å². The number of hydrogen-bond donors (Lipinski definition) is 1. The molecule has 1 fully saturated rings. The van der Waals surface area contributed by atoms with E-state index in [-0.39, 0.29) is 0 Å². The van der Waals surface area contributed by atoms with E-state index in [9.17, 15) is 0 Å². The Morgan fingerprint density at radius 1 is 1.43 bits per heavy atom. The van der Waals surface area contributed by atoms with Crippen LogP contribution in [0.1, 0.15) is 29.9 Å². The highest BCUT2D eigenvalue weighted by atomic mass is 127. The zero-order chi connectivity index (χ0) is 9.97. The fourth-order valence-electron chi connectivity index (χ4n) is 2.00. The Balaban J connectivity index is 2.18. The van der Waals surface area contributed by atoms with Crippen LogP contribution in [-0.2, 0) is 0 Å². The van der Waals surface area contributed by atoms with E-state index in [1.54, 1.807) is 0 Å². The van der Waals surface area contributed by atoms with Gasteiger partial charge in [0.1, 0.15) is 0 Å². The van der Waals surface area contributed by atoms with E-state index in [0.29, 0.717) is 0 Å². The van der Waals surface area contributed by atoms with Crippen molar-refractivity contribution in [1.29, 1.82) is 0 Å². The molecule has 0 spiro atoms. The summed E-state index contributed by atoms with van der Waals surface area (Å²) in [4.78, 5) is 0. The topological polar surface area (TPSA) is 12.0 Å². The van der Waals surface area contributed by atoms with E-state index >= 15 is 0 Å². The second-order valence-corrected chi connectivity index (χ2v) is 5.21. The van der Waals surface area contributed by atoms with Gasteiger partial charge in [0.05, 0.1) is 0 Å². The van der Waals surface area contributed by atoms with Gasteiger partial charge in [-0.15, -0.1) is 0 Å². The molecule has 0 saturated carbocycles. The van der Waals surface area contributed by atoms with Crippen molar-refractivity contribution in [2.24, 2.45) is 0 Å². The molecule has 0 amide bonds. The van der Waals surface area contributed by atoms with E-state index in [0.717, 1.165) is 12.5 Å². The highest BCUT2D eigenvalue weighted by Gasteiger charge is 2.15. The fourth-order valence-corrected chi connectivity index (χ4v) is 2.54. The summed E-state index contributed by atoms with van der Waals surface area (Å²) < 4.78 is 1.39. The minimum atomic E-state index is 0.734. The number of rotatable bonds is 1. The number of piperidine rings is 1. The minimum Gasteiger partial charge on any atom is -0.316 e. The van der Waals surface area contributed by atoms with Gasteiger partial charge in [0.15, 0.2) is 0 Å². The molecular formula is C12H16IN. The molecule has 1 aromatic carbocycles. The molecule has 14 heavy (non-hydrogen) atoms. The quantitative estimate of drug-likeness (QED) is 0.786. The smallest absolute Gasteiger partial charge is 0.0162 e. The van der Waals surface area contributed by atoms with Crippen LogP contribution in [0.4, 0.5) is 0 Å². The fraction of sp³-hybridized carbons (Fsp3) is 0.500. The van der Waals surface area contributed by atoms with Crippen molar-refractivity contribution >= 4 is 22.6 Å². The number of benzene rings is 1. The van der Waals surface area contributed by atoms with Crippen LogP contribution in [0.25, 0.3) is 0 Å². The lowest BCUT2D eigenvalue weighted by atomic mass is 9.91. The van der Waals surface area contributed by atoms with Gasteiger partial charge in [0.2, 0.25) is 0 Å². The van der Waals surface area contributed by atoms with Crippen molar-refractivity contribution in [2.45, 2.75) is 25.7 Å². The zero-order valence-corrected chi connectivity index (χ0v) is 10.7. The van der Waals surface area contributed by atoms with Gasteiger partial charge in [-0.2, -0.15) is 0 Å². The third-order valence-electron chi connectivity index (χ3n) is 2.96. The van der Waals surface area contributed by atoms with Crippen molar-refractivity contribution in [2.75, 3.05) is 13.1 Å². The third-order valence-corrected chi connectivity index (χ3v) is 4.13. The van der Waals surface area contributed by atoms with Crippen molar-refractivity contribution in [3.63, 3.8) is 0 Å². The lowest BCUT2D eigenvalue weighted by Gasteiger charge is -2.23. The van der Waals surface area contributed by atoms with Gasteiger partial charge in [-0.25, -0.2) is 0 Å². The number of halogens is 1. The number of nitrogens with one attached hydrogen (secondary N) is 1. The molecular weight excluding hydrogens is 285 g/mol. The summed E-state index contributed by atoms with van der Waals surface area (Å²) in [5.74, 6) is 0.734. The first kappa shape index (κ1) is 10.4. The van der Waals surface area contributed by atoms with E-state index in [1.807, 2.05) is 0 Å². The summed E-state index contributed by atoms with van der Waals surface area (Å²) in [6.45, 7) is 4.52. The first-order valence-corrected chi connectivity index (χ1v) is 6.32. The SMILES string of the molecule is Cc1ccc(C2CCCNC2)cc1I. The molecule has 1 saturated heterocycles. The van der Waals surface area contributed by atoms with Gasteiger partial charge in [0, 0.05) is 10.1 Å². The standard InChI is InChI=1S/C12H16IN/c1-9-4-5-10(7-12(9)13)11-3-2-6-14-8-11/h4-5,7,11,14H,2-3,6,8H2,1H3.